The van der Waals surface area contributed by atoms with E-state index in [1.807, 2.05) is 4.90 Å². The van der Waals surface area contributed by atoms with Gasteiger partial charge >= 0.3 is 6.18 Å². The number of rotatable bonds is 5. The lowest BCUT2D eigenvalue weighted by Gasteiger charge is -2.24. The first-order valence-corrected chi connectivity index (χ1v) is 9.79. The smallest absolute Gasteiger partial charge is 0.416 e. The molecule has 1 N–H and O–H groups in total. The molecule has 1 fully saturated rings. The minimum Gasteiger partial charge on any atom is -0.479 e. The summed E-state index contributed by atoms with van der Waals surface area (Å²) in [6.07, 6.45) is -3.61. The molecular weight excluding hydrogens is 428 g/mol. The van der Waals surface area contributed by atoms with Gasteiger partial charge in [0.1, 0.15) is 5.75 Å². The van der Waals surface area contributed by atoms with E-state index in [1.54, 1.807) is 6.07 Å². The molecule has 9 heteroatoms. The van der Waals surface area contributed by atoms with Crippen LogP contribution in [0, 0.1) is 0 Å². The second kappa shape index (κ2) is 8.71. The molecule has 2 aromatic carbocycles. The molecule has 3 rings (SSSR count). The van der Waals surface area contributed by atoms with Gasteiger partial charge in [-0.1, -0.05) is 23.2 Å². The van der Waals surface area contributed by atoms with Gasteiger partial charge in [-0.3, -0.25) is 4.79 Å². The summed E-state index contributed by atoms with van der Waals surface area (Å²) in [5.74, 6) is -0.335. The van der Waals surface area contributed by atoms with Gasteiger partial charge in [0, 0.05) is 18.1 Å². The molecule has 0 bridgehead atoms. The van der Waals surface area contributed by atoms with Gasteiger partial charge in [-0.15, -0.1) is 0 Å². The summed E-state index contributed by atoms with van der Waals surface area (Å²) in [5.41, 5.74) is -0.171. The molecule has 0 aromatic heterocycles. The third-order valence-electron chi connectivity index (χ3n) is 4.60. The Morgan fingerprint density at radius 1 is 1.14 bits per heavy atom. The molecule has 0 spiro atoms. The van der Waals surface area contributed by atoms with Crippen LogP contribution in [-0.2, 0) is 11.0 Å². The van der Waals surface area contributed by atoms with E-state index in [9.17, 15) is 18.0 Å². The summed E-state index contributed by atoms with van der Waals surface area (Å²) in [4.78, 5) is 14.6. The molecule has 1 amide bonds. The molecule has 0 saturated carbocycles. The summed E-state index contributed by atoms with van der Waals surface area (Å²) in [6.45, 7) is 2.94. The minimum absolute atomic E-state index is 0.101. The van der Waals surface area contributed by atoms with E-state index >= 15 is 0 Å². The average molecular weight is 447 g/mol. The summed E-state index contributed by atoms with van der Waals surface area (Å²) >= 11 is 11.9. The van der Waals surface area contributed by atoms with E-state index in [-0.39, 0.29) is 16.5 Å². The van der Waals surface area contributed by atoms with Crippen LogP contribution in [0.1, 0.15) is 25.3 Å². The van der Waals surface area contributed by atoms with Crippen molar-refractivity contribution in [3.8, 4) is 5.75 Å². The highest BCUT2D eigenvalue weighted by Crippen LogP contribution is 2.37. The third-order valence-corrected chi connectivity index (χ3v) is 5.13. The molecule has 156 valence electrons. The fourth-order valence-electron chi connectivity index (χ4n) is 3.10. The lowest BCUT2D eigenvalue weighted by atomic mass is 10.1. The highest BCUT2D eigenvalue weighted by molar-refractivity contribution is 6.35. The van der Waals surface area contributed by atoms with Crippen LogP contribution in [0.3, 0.4) is 0 Å². The maximum atomic E-state index is 13.2. The van der Waals surface area contributed by atoms with Gasteiger partial charge in [-0.2, -0.15) is 13.2 Å². The second-order valence-corrected chi connectivity index (χ2v) is 7.59. The molecule has 1 atom stereocenters. The molecule has 1 aliphatic rings. The van der Waals surface area contributed by atoms with E-state index in [0.29, 0.717) is 10.7 Å². The highest BCUT2D eigenvalue weighted by Gasteiger charge is 2.32. The van der Waals surface area contributed by atoms with Crippen molar-refractivity contribution >= 4 is 40.5 Å². The van der Waals surface area contributed by atoms with Crippen LogP contribution in [0.25, 0.3) is 0 Å². The lowest BCUT2D eigenvalue weighted by molar-refractivity contribution is -0.137. The third kappa shape index (κ3) is 5.28. The number of nitrogens with one attached hydrogen (secondary N) is 1. The van der Waals surface area contributed by atoms with Gasteiger partial charge in [-0.25, -0.2) is 0 Å². The van der Waals surface area contributed by atoms with E-state index in [1.165, 1.54) is 25.1 Å². The average Bonchev–Trinajstić information content (AvgIpc) is 3.17. The zero-order valence-electron chi connectivity index (χ0n) is 15.5. The Balaban J connectivity index is 1.81. The van der Waals surface area contributed by atoms with Crippen molar-refractivity contribution in [2.75, 3.05) is 23.3 Å². The van der Waals surface area contributed by atoms with Crippen molar-refractivity contribution < 1.29 is 22.7 Å². The monoisotopic (exact) mass is 446 g/mol. The van der Waals surface area contributed by atoms with Crippen LogP contribution < -0.4 is 15.0 Å². The first-order chi connectivity index (χ1) is 13.6. The number of amides is 1. The van der Waals surface area contributed by atoms with Crippen molar-refractivity contribution in [3.63, 3.8) is 0 Å². The van der Waals surface area contributed by atoms with E-state index in [2.05, 4.69) is 5.32 Å². The fraction of sp³-hybridized carbons (Fsp3) is 0.350. The standard InChI is InChI=1S/C20H19Cl2F3N2O2/c1-12(29-18-7-5-14(21)11-15(18)22)19(28)26-16-10-13(20(23,24)25)4-6-17(16)27-8-2-3-9-27/h4-7,10-12H,2-3,8-9H2,1H3,(H,26,28)/t12-/m1/s1. The van der Waals surface area contributed by atoms with Crippen LogP contribution in [0.5, 0.6) is 5.75 Å². The van der Waals surface area contributed by atoms with Crippen LogP contribution in [0.2, 0.25) is 10.0 Å². The fourth-order valence-corrected chi connectivity index (χ4v) is 3.55. The Morgan fingerprint density at radius 3 is 2.45 bits per heavy atom. The number of alkyl halides is 3. The topological polar surface area (TPSA) is 41.6 Å². The van der Waals surface area contributed by atoms with Gasteiger partial charge in [0.05, 0.1) is 22.0 Å². The normalized spacial score (nSPS) is 15.3. The van der Waals surface area contributed by atoms with Gasteiger partial charge in [0.25, 0.3) is 5.91 Å². The predicted octanol–water partition coefficient (Wildman–Crippen LogP) is 6.02. The molecule has 0 aliphatic carbocycles. The Kier molecular flexibility index (Phi) is 6.49. The van der Waals surface area contributed by atoms with E-state index in [4.69, 9.17) is 27.9 Å². The van der Waals surface area contributed by atoms with E-state index < -0.39 is 23.8 Å². The summed E-state index contributed by atoms with van der Waals surface area (Å²) in [6, 6.07) is 7.93. The molecule has 1 aliphatic heterocycles. The molecular formula is C20H19Cl2F3N2O2. The summed E-state index contributed by atoms with van der Waals surface area (Å²) in [7, 11) is 0. The first-order valence-electron chi connectivity index (χ1n) is 9.04. The number of ether oxygens (including phenoxy) is 1. The second-order valence-electron chi connectivity index (χ2n) is 6.75. The SMILES string of the molecule is C[C@@H](Oc1ccc(Cl)cc1Cl)C(=O)Nc1cc(C(F)(F)F)ccc1N1CCCC1. The highest BCUT2D eigenvalue weighted by atomic mass is 35.5. The largest absolute Gasteiger partial charge is 0.479 e. The molecule has 1 heterocycles. The molecule has 2 aromatic rings. The number of hydrogen-bond donors (Lipinski definition) is 1. The Labute approximate surface area is 176 Å². The van der Waals surface area contributed by atoms with Crippen molar-refractivity contribution in [2.24, 2.45) is 0 Å². The van der Waals surface area contributed by atoms with Crippen LogP contribution in [0.4, 0.5) is 24.5 Å². The van der Waals surface area contributed by atoms with Gasteiger partial charge in [0.15, 0.2) is 6.10 Å². The zero-order chi connectivity index (χ0) is 21.2. The minimum atomic E-state index is -4.51. The number of halogens is 5. The number of carbonyl (C=O) groups is 1. The molecule has 4 nitrogen and oxygen atoms in total. The first kappa shape index (κ1) is 21.6. The van der Waals surface area contributed by atoms with Crippen LogP contribution in [0.15, 0.2) is 36.4 Å². The quantitative estimate of drug-likeness (QED) is 0.610. The maximum Gasteiger partial charge on any atom is 0.416 e. The van der Waals surface area contributed by atoms with Crippen molar-refractivity contribution in [1.82, 2.24) is 0 Å². The van der Waals surface area contributed by atoms with Crippen LogP contribution >= 0.6 is 23.2 Å². The molecule has 0 unspecified atom stereocenters. The lowest BCUT2D eigenvalue weighted by Crippen LogP contribution is -2.31. The summed E-state index contributed by atoms with van der Waals surface area (Å²) < 4.78 is 45.0. The Hall–Kier alpha value is -2.12. The zero-order valence-corrected chi connectivity index (χ0v) is 17.0. The molecule has 29 heavy (non-hydrogen) atoms. The molecule has 1 saturated heterocycles. The van der Waals surface area contributed by atoms with Crippen molar-refractivity contribution in [2.45, 2.75) is 32.0 Å². The van der Waals surface area contributed by atoms with E-state index in [0.717, 1.165) is 38.1 Å². The number of carbonyl (C=O) groups excluding carboxylic acids is 1. The van der Waals surface area contributed by atoms with Gasteiger partial charge in [0.2, 0.25) is 0 Å². The predicted molar refractivity (Wildman–Crippen MR) is 108 cm³/mol. The number of hydrogen-bond acceptors (Lipinski definition) is 3. The number of benzene rings is 2. The van der Waals surface area contributed by atoms with Crippen LogP contribution in [-0.4, -0.2) is 25.1 Å². The Morgan fingerprint density at radius 2 is 1.83 bits per heavy atom. The van der Waals surface area contributed by atoms with Gasteiger partial charge < -0.3 is 15.0 Å². The summed E-state index contributed by atoms with van der Waals surface area (Å²) in [5, 5.41) is 3.22. The Bertz CT molecular complexity index is 900. The van der Waals surface area contributed by atoms with Gasteiger partial charge in [-0.05, 0) is 56.2 Å². The molecule has 0 radical (unpaired) electrons. The van der Waals surface area contributed by atoms with Crippen molar-refractivity contribution in [1.29, 1.82) is 0 Å². The van der Waals surface area contributed by atoms with Crippen molar-refractivity contribution in [3.05, 3.63) is 52.0 Å². The number of nitrogens with zero attached hydrogens (tertiary/aromatic N) is 1. The number of anilines is 2. The maximum absolute atomic E-state index is 13.2.